The molecule has 0 bridgehead atoms. The Bertz CT molecular complexity index is 858. The molecule has 8 heteroatoms. The molecule has 24 heavy (non-hydrogen) atoms. The van der Waals surface area contributed by atoms with Gasteiger partial charge in [0, 0.05) is 12.1 Å². The van der Waals surface area contributed by atoms with Crippen molar-refractivity contribution in [2.24, 2.45) is 0 Å². The monoisotopic (exact) mass is 349 g/mol. The van der Waals surface area contributed by atoms with Crippen LogP contribution in [-0.4, -0.2) is 25.1 Å². The summed E-state index contributed by atoms with van der Waals surface area (Å²) in [6, 6.07) is 11.4. The van der Waals surface area contributed by atoms with Crippen molar-refractivity contribution in [2.45, 2.75) is 18.4 Å². The van der Waals surface area contributed by atoms with E-state index in [1.807, 2.05) is 0 Å². The molecule has 0 amide bonds. The van der Waals surface area contributed by atoms with Gasteiger partial charge in [-0.05, 0) is 29.8 Å². The summed E-state index contributed by atoms with van der Waals surface area (Å²) in [5.74, 6) is -0.888. The van der Waals surface area contributed by atoms with Crippen molar-refractivity contribution in [3.05, 3.63) is 69.8 Å². The van der Waals surface area contributed by atoms with Gasteiger partial charge in [0.25, 0.3) is 5.69 Å². The average molecular weight is 349 g/mol. The molecule has 0 atom stereocenters. The molecule has 0 saturated heterocycles. The normalized spacial score (nSPS) is 11.0. The Hall–Kier alpha value is -2.74. The minimum atomic E-state index is -3.55. The number of nitrogens with zero attached hydrogens (tertiary/aromatic N) is 1. The van der Waals surface area contributed by atoms with E-state index in [0.29, 0.717) is 5.56 Å². The molecule has 2 rings (SSSR count). The third kappa shape index (κ3) is 3.96. The fraction of sp³-hybridized carbons (Fsp3) is 0.188. The predicted octanol–water partition coefficient (Wildman–Crippen LogP) is 2.75. The lowest BCUT2D eigenvalue weighted by atomic mass is 10.2. The molecule has 126 valence electrons. The molecule has 2 aromatic rings. The van der Waals surface area contributed by atoms with Crippen molar-refractivity contribution in [1.82, 2.24) is 0 Å². The summed E-state index contributed by atoms with van der Waals surface area (Å²) in [6.45, 7) is 1.38. The first kappa shape index (κ1) is 17.6. The SMILES string of the molecule is CCS(=O)(=O)c1ccccc1C(=O)OCc1ccc([N+](=O)[O-])cc1. The Morgan fingerprint density at radius 1 is 1.12 bits per heavy atom. The van der Waals surface area contributed by atoms with Gasteiger partial charge in [-0.1, -0.05) is 19.1 Å². The molecule has 0 fully saturated rings. The fourth-order valence-electron chi connectivity index (χ4n) is 2.00. The largest absolute Gasteiger partial charge is 0.457 e. The van der Waals surface area contributed by atoms with Crippen LogP contribution in [0.2, 0.25) is 0 Å². The summed E-state index contributed by atoms with van der Waals surface area (Å²) >= 11 is 0. The van der Waals surface area contributed by atoms with E-state index in [1.54, 1.807) is 6.07 Å². The lowest BCUT2D eigenvalue weighted by molar-refractivity contribution is -0.384. The van der Waals surface area contributed by atoms with Crippen LogP contribution in [0, 0.1) is 10.1 Å². The molecule has 0 heterocycles. The van der Waals surface area contributed by atoms with Gasteiger partial charge < -0.3 is 4.74 Å². The number of carbonyl (C=O) groups excluding carboxylic acids is 1. The van der Waals surface area contributed by atoms with Crippen molar-refractivity contribution in [3.63, 3.8) is 0 Å². The maximum Gasteiger partial charge on any atom is 0.339 e. The van der Waals surface area contributed by atoms with Gasteiger partial charge in [-0.2, -0.15) is 0 Å². The van der Waals surface area contributed by atoms with Gasteiger partial charge in [-0.25, -0.2) is 13.2 Å². The molecule has 0 N–H and O–H groups in total. The maximum atomic E-state index is 12.2. The van der Waals surface area contributed by atoms with Crippen LogP contribution >= 0.6 is 0 Å². The second-order valence-electron chi connectivity index (χ2n) is 4.90. The Morgan fingerprint density at radius 3 is 2.33 bits per heavy atom. The highest BCUT2D eigenvalue weighted by Crippen LogP contribution is 2.19. The van der Waals surface area contributed by atoms with Crippen molar-refractivity contribution in [3.8, 4) is 0 Å². The Kier molecular flexibility index (Phi) is 5.30. The summed E-state index contributed by atoms with van der Waals surface area (Å²) in [7, 11) is -3.55. The van der Waals surface area contributed by atoms with E-state index in [2.05, 4.69) is 0 Å². The number of carbonyl (C=O) groups is 1. The summed E-state index contributed by atoms with van der Waals surface area (Å²) in [5.41, 5.74) is 0.468. The zero-order chi connectivity index (χ0) is 17.7. The van der Waals surface area contributed by atoms with Crippen LogP contribution in [0.1, 0.15) is 22.8 Å². The molecule has 7 nitrogen and oxygen atoms in total. The molecule has 0 unspecified atom stereocenters. The van der Waals surface area contributed by atoms with Crippen LogP contribution in [0.4, 0.5) is 5.69 Å². The van der Waals surface area contributed by atoms with Gasteiger partial charge in [0.1, 0.15) is 6.61 Å². The van der Waals surface area contributed by atoms with Crippen LogP contribution in [-0.2, 0) is 21.2 Å². The number of benzene rings is 2. The van der Waals surface area contributed by atoms with E-state index in [4.69, 9.17) is 4.74 Å². The second kappa shape index (κ2) is 7.22. The summed E-state index contributed by atoms with van der Waals surface area (Å²) in [5, 5.41) is 10.6. The molecule has 0 aliphatic rings. The van der Waals surface area contributed by atoms with Gasteiger partial charge in [0.05, 0.1) is 21.1 Å². The summed E-state index contributed by atoms with van der Waals surface area (Å²) < 4.78 is 29.2. The van der Waals surface area contributed by atoms with Crippen molar-refractivity contribution in [2.75, 3.05) is 5.75 Å². The lowest BCUT2D eigenvalue weighted by Crippen LogP contribution is -2.13. The first-order chi connectivity index (χ1) is 11.3. The molecular formula is C16H15NO6S. The van der Waals surface area contributed by atoms with Gasteiger partial charge >= 0.3 is 5.97 Å². The van der Waals surface area contributed by atoms with E-state index in [1.165, 1.54) is 49.4 Å². The number of non-ortho nitro benzene ring substituents is 1. The van der Waals surface area contributed by atoms with Crippen LogP contribution in [0.25, 0.3) is 0 Å². The molecule has 0 aliphatic carbocycles. The van der Waals surface area contributed by atoms with E-state index >= 15 is 0 Å². The number of hydrogen-bond acceptors (Lipinski definition) is 6. The van der Waals surface area contributed by atoms with Gasteiger partial charge in [-0.15, -0.1) is 0 Å². The van der Waals surface area contributed by atoms with Crippen LogP contribution in [0.15, 0.2) is 53.4 Å². The van der Waals surface area contributed by atoms with Crippen LogP contribution in [0.3, 0.4) is 0 Å². The first-order valence-corrected chi connectivity index (χ1v) is 8.72. The smallest absolute Gasteiger partial charge is 0.339 e. The summed E-state index contributed by atoms with van der Waals surface area (Å²) in [4.78, 5) is 22.2. The van der Waals surface area contributed by atoms with E-state index in [0.717, 1.165) is 0 Å². The van der Waals surface area contributed by atoms with Gasteiger partial charge in [0.15, 0.2) is 9.84 Å². The van der Waals surface area contributed by atoms with Crippen molar-refractivity contribution < 1.29 is 22.9 Å². The van der Waals surface area contributed by atoms with Gasteiger partial charge in [-0.3, -0.25) is 10.1 Å². The lowest BCUT2D eigenvalue weighted by Gasteiger charge is -2.09. The second-order valence-corrected chi connectivity index (χ2v) is 7.15. The third-order valence-corrected chi connectivity index (χ3v) is 5.13. The zero-order valence-corrected chi connectivity index (χ0v) is 13.7. The maximum absolute atomic E-state index is 12.2. The standard InChI is InChI=1S/C16H15NO6S/c1-2-24(21,22)15-6-4-3-5-14(15)16(18)23-11-12-7-9-13(10-8-12)17(19)20/h3-10H,2,11H2,1H3. The number of rotatable bonds is 6. The topological polar surface area (TPSA) is 104 Å². The highest BCUT2D eigenvalue weighted by molar-refractivity contribution is 7.91. The van der Waals surface area contributed by atoms with Crippen molar-refractivity contribution in [1.29, 1.82) is 0 Å². The Morgan fingerprint density at radius 2 is 1.75 bits per heavy atom. The number of nitro benzene ring substituents is 1. The third-order valence-electron chi connectivity index (χ3n) is 3.34. The number of nitro groups is 1. The van der Waals surface area contributed by atoms with Crippen molar-refractivity contribution >= 4 is 21.5 Å². The van der Waals surface area contributed by atoms with Crippen LogP contribution < -0.4 is 0 Å². The molecule has 0 aliphatic heterocycles. The molecule has 0 saturated carbocycles. The highest BCUT2D eigenvalue weighted by atomic mass is 32.2. The number of hydrogen-bond donors (Lipinski definition) is 0. The molecule has 0 radical (unpaired) electrons. The minimum Gasteiger partial charge on any atom is -0.457 e. The number of ether oxygens (including phenoxy) is 1. The number of sulfone groups is 1. The fourth-order valence-corrected chi connectivity index (χ4v) is 3.09. The van der Waals surface area contributed by atoms with Gasteiger partial charge in [0.2, 0.25) is 0 Å². The average Bonchev–Trinajstić information content (AvgIpc) is 2.60. The van der Waals surface area contributed by atoms with E-state index < -0.39 is 20.7 Å². The molecule has 2 aromatic carbocycles. The highest BCUT2D eigenvalue weighted by Gasteiger charge is 2.21. The van der Waals surface area contributed by atoms with Crippen LogP contribution in [0.5, 0.6) is 0 Å². The Balaban J connectivity index is 2.15. The predicted molar refractivity (Wildman–Crippen MR) is 86.4 cm³/mol. The Labute approximate surface area is 139 Å². The molecule has 0 aromatic heterocycles. The first-order valence-electron chi connectivity index (χ1n) is 7.07. The molecular weight excluding hydrogens is 334 g/mol. The zero-order valence-electron chi connectivity index (χ0n) is 12.8. The van der Waals surface area contributed by atoms with E-state index in [9.17, 15) is 23.3 Å². The minimum absolute atomic E-state index is 0.0266. The van der Waals surface area contributed by atoms with E-state index in [-0.39, 0.29) is 28.5 Å². The molecule has 0 spiro atoms. The summed E-state index contributed by atoms with van der Waals surface area (Å²) in [6.07, 6.45) is 0. The quantitative estimate of drug-likeness (QED) is 0.451. The number of esters is 1.